The molecule has 8 nitrogen and oxygen atoms in total. The maximum Gasteiger partial charge on any atom is 0.290 e. The normalized spacial score (nSPS) is 8.27. The number of hydrogen-bond acceptors (Lipinski definition) is 5. The van der Waals surface area contributed by atoms with E-state index in [9.17, 15) is 20.2 Å². The fourth-order valence-electron chi connectivity index (χ4n) is 0.720. The summed E-state index contributed by atoms with van der Waals surface area (Å²) in [5, 5.41) is 27.2. The molecule has 0 fully saturated rings. The molecule has 0 saturated carbocycles. The van der Waals surface area contributed by atoms with Crippen LogP contribution in [0.3, 0.4) is 0 Å². The van der Waals surface area contributed by atoms with Gasteiger partial charge in [-0.1, -0.05) is 0 Å². The zero-order chi connectivity index (χ0) is 11.8. The zero-order valence-electron chi connectivity index (χ0n) is 7.27. The first-order chi connectivity index (χ1) is 7.02. The van der Waals surface area contributed by atoms with E-state index in [1.54, 1.807) is 0 Å². The Bertz CT molecular complexity index is 348. The van der Waals surface area contributed by atoms with Crippen LogP contribution >= 0.6 is 0 Å². The van der Waals surface area contributed by atoms with Gasteiger partial charge in [0, 0.05) is 12.1 Å². The van der Waals surface area contributed by atoms with Crippen molar-refractivity contribution in [3.63, 3.8) is 0 Å². The number of carbonyl (C=O) groups is 1. The first-order valence-corrected chi connectivity index (χ1v) is 3.49. The number of nitro groups is 2. The molecule has 0 aliphatic rings. The number of benzene rings is 1. The van der Waals surface area contributed by atoms with Gasteiger partial charge in [-0.15, -0.1) is 0 Å². The van der Waals surface area contributed by atoms with Crippen molar-refractivity contribution in [2.45, 2.75) is 0 Å². The summed E-state index contributed by atoms with van der Waals surface area (Å²) >= 11 is 0. The molecule has 0 aliphatic heterocycles. The van der Waals surface area contributed by atoms with Gasteiger partial charge in [0.2, 0.25) is 0 Å². The van der Waals surface area contributed by atoms with Crippen molar-refractivity contribution >= 4 is 17.8 Å². The second-order valence-corrected chi connectivity index (χ2v) is 2.14. The summed E-state index contributed by atoms with van der Waals surface area (Å²) in [5.41, 5.74) is -0.548. The zero-order valence-corrected chi connectivity index (χ0v) is 7.27. The van der Waals surface area contributed by atoms with Crippen molar-refractivity contribution in [3.8, 4) is 0 Å². The van der Waals surface area contributed by atoms with Crippen LogP contribution in [0.2, 0.25) is 0 Å². The summed E-state index contributed by atoms with van der Waals surface area (Å²) in [7, 11) is 0. The van der Waals surface area contributed by atoms with E-state index in [0.29, 0.717) is 0 Å². The van der Waals surface area contributed by atoms with E-state index in [4.69, 9.17) is 9.90 Å². The molecule has 0 aromatic heterocycles. The van der Waals surface area contributed by atoms with Gasteiger partial charge in [-0.25, -0.2) is 0 Å². The van der Waals surface area contributed by atoms with Gasteiger partial charge in [-0.2, -0.15) is 0 Å². The summed E-state index contributed by atoms with van der Waals surface area (Å²) in [4.78, 5) is 27.3. The van der Waals surface area contributed by atoms with Crippen LogP contribution in [0.5, 0.6) is 0 Å². The SMILES string of the molecule is O=CO.O=[N+]([O-])c1cccc([N+](=O)[O-])c1. The molecule has 0 unspecified atom stereocenters. The number of hydrogen-bond donors (Lipinski definition) is 1. The van der Waals surface area contributed by atoms with Crippen molar-refractivity contribution in [1.82, 2.24) is 0 Å². The smallest absolute Gasteiger partial charge is 0.290 e. The maximum absolute atomic E-state index is 10.2. The Morgan fingerprint density at radius 1 is 1.13 bits per heavy atom. The Morgan fingerprint density at radius 2 is 1.47 bits per heavy atom. The highest BCUT2D eigenvalue weighted by Gasteiger charge is 2.11. The van der Waals surface area contributed by atoms with Crippen LogP contribution in [0.15, 0.2) is 24.3 Å². The number of carboxylic acid groups (broad SMARTS) is 1. The molecule has 0 aliphatic carbocycles. The Kier molecular flexibility index (Phi) is 5.01. The van der Waals surface area contributed by atoms with Crippen LogP contribution in [0.1, 0.15) is 0 Å². The van der Waals surface area contributed by atoms with Gasteiger partial charge in [-0.05, 0) is 6.07 Å². The Hall–Kier alpha value is -2.51. The first kappa shape index (κ1) is 12.5. The molecule has 8 heteroatoms. The lowest BCUT2D eigenvalue weighted by Gasteiger charge is -1.90. The molecule has 0 saturated heterocycles. The molecule has 1 aromatic carbocycles. The minimum Gasteiger partial charge on any atom is -0.483 e. The Balaban J connectivity index is 0.000000583. The number of nitrogens with zero attached hydrogens (tertiary/aromatic N) is 2. The van der Waals surface area contributed by atoms with Crippen LogP contribution in [-0.4, -0.2) is 21.4 Å². The molecule has 0 radical (unpaired) electrons. The average molecular weight is 214 g/mol. The van der Waals surface area contributed by atoms with E-state index >= 15 is 0 Å². The van der Waals surface area contributed by atoms with Crippen molar-refractivity contribution in [2.24, 2.45) is 0 Å². The molecule has 80 valence electrons. The first-order valence-electron chi connectivity index (χ1n) is 3.49. The van der Waals surface area contributed by atoms with Crippen LogP contribution < -0.4 is 0 Å². The third-order valence-electron chi connectivity index (χ3n) is 1.25. The lowest BCUT2D eigenvalue weighted by Crippen LogP contribution is -1.91. The largest absolute Gasteiger partial charge is 0.483 e. The predicted octanol–water partition coefficient (Wildman–Crippen LogP) is 1.20. The number of rotatable bonds is 2. The van der Waals surface area contributed by atoms with Gasteiger partial charge < -0.3 is 5.11 Å². The standard InChI is InChI=1S/C6H4N2O4.CH2O2/c9-7(10)5-2-1-3-6(4-5)8(11)12;2-1-3/h1-4H;1H,(H,2,3). The third-order valence-corrected chi connectivity index (χ3v) is 1.25. The minimum absolute atomic E-state index is 0.250. The second-order valence-electron chi connectivity index (χ2n) is 2.14. The predicted molar refractivity (Wildman–Crippen MR) is 48.4 cm³/mol. The minimum atomic E-state index is -0.674. The van der Waals surface area contributed by atoms with Crippen LogP contribution in [-0.2, 0) is 4.79 Å². The highest BCUT2D eigenvalue weighted by atomic mass is 16.6. The maximum atomic E-state index is 10.2. The molecule has 0 bridgehead atoms. The lowest BCUT2D eigenvalue weighted by molar-refractivity contribution is -0.394. The van der Waals surface area contributed by atoms with E-state index in [1.165, 1.54) is 18.2 Å². The van der Waals surface area contributed by atoms with Gasteiger partial charge in [0.25, 0.3) is 17.8 Å². The van der Waals surface area contributed by atoms with E-state index in [1.807, 2.05) is 0 Å². The van der Waals surface area contributed by atoms with E-state index in [2.05, 4.69) is 0 Å². The quantitative estimate of drug-likeness (QED) is 0.448. The van der Waals surface area contributed by atoms with Crippen molar-refractivity contribution < 1.29 is 19.7 Å². The summed E-state index contributed by atoms with van der Waals surface area (Å²) in [6, 6.07) is 4.59. The molecular formula is C7H6N2O6. The topological polar surface area (TPSA) is 124 Å². The molecule has 1 N–H and O–H groups in total. The molecule has 0 atom stereocenters. The molecule has 0 spiro atoms. The fourth-order valence-corrected chi connectivity index (χ4v) is 0.720. The summed E-state index contributed by atoms with van der Waals surface area (Å²) in [6.45, 7) is -0.250. The van der Waals surface area contributed by atoms with Crippen LogP contribution in [0.25, 0.3) is 0 Å². The van der Waals surface area contributed by atoms with E-state index in [0.717, 1.165) is 6.07 Å². The van der Waals surface area contributed by atoms with Gasteiger partial charge in [0.05, 0.1) is 15.9 Å². The van der Waals surface area contributed by atoms with E-state index < -0.39 is 9.85 Å². The van der Waals surface area contributed by atoms with Gasteiger partial charge in [0.15, 0.2) is 0 Å². The molecule has 1 aromatic rings. The second kappa shape index (κ2) is 6.02. The molecule has 1 rings (SSSR count). The van der Waals surface area contributed by atoms with Crippen molar-refractivity contribution in [2.75, 3.05) is 0 Å². The summed E-state index contributed by atoms with van der Waals surface area (Å²) < 4.78 is 0. The summed E-state index contributed by atoms with van der Waals surface area (Å²) in [5.74, 6) is 0. The van der Waals surface area contributed by atoms with Crippen molar-refractivity contribution in [1.29, 1.82) is 0 Å². The molecular weight excluding hydrogens is 208 g/mol. The van der Waals surface area contributed by atoms with Gasteiger partial charge in [-0.3, -0.25) is 25.0 Å². The molecule has 0 heterocycles. The highest BCUT2D eigenvalue weighted by Crippen LogP contribution is 2.18. The van der Waals surface area contributed by atoms with Crippen LogP contribution in [0, 0.1) is 20.2 Å². The third kappa shape index (κ3) is 4.31. The lowest BCUT2D eigenvalue weighted by atomic mass is 10.3. The molecule has 15 heavy (non-hydrogen) atoms. The van der Waals surface area contributed by atoms with E-state index in [-0.39, 0.29) is 17.8 Å². The van der Waals surface area contributed by atoms with Gasteiger partial charge >= 0.3 is 0 Å². The summed E-state index contributed by atoms with van der Waals surface area (Å²) in [6.07, 6.45) is 0. The average Bonchev–Trinajstić information content (AvgIpc) is 2.19. The Labute approximate surface area is 83.1 Å². The number of nitro benzene ring substituents is 2. The Morgan fingerprint density at radius 3 is 1.73 bits per heavy atom. The van der Waals surface area contributed by atoms with Crippen LogP contribution in [0.4, 0.5) is 11.4 Å². The van der Waals surface area contributed by atoms with Crippen molar-refractivity contribution in [3.05, 3.63) is 44.5 Å². The fraction of sp³-hybridized carbons (Fsp3) is 0. The number of non-ortho nitro benzene ring substituents is 2. The van der Waals surface area contributed by atoms with Gasteiger partial charge in [0.1, 0.15) is 0 Å². The molecule has 0 amide bonds. The highest BCUT2D eigenvalue weighted by molar-refractivity contribution is 5.42. The monoisotopic (exact) mass is 214 g/mol.